The van der Waals surface area contributed by atoms with Gasteiger partial charge in [-0.05, 0) is 53.5 Å². The van der Waals surface area contributed by atoms with Crippen molar-refractivity contribution in [2.45, 2.75) is 38.1 Å². The van der Waals surface area contributed by atoms with Crippen LogP contribution in [-0.2, 0) is 0 Å². The number of carbonyl (C=O) groups excluding carboxylic acids is 1. The molecule has 2 rings (SSSR count). The van der Waals surface area contributed by atoms with Crippen LogP contribution in [0.1, 0.15) is 42.5 Å². The molecule has 0 saturated heterocycles. The number of nitrogens with two attached hydrogens (primary N) is 1. The molecule has 0 aromatic heterocycles. The fourth-order valence-corrected chi connectivity index (χ4v) is 3.43. The average Bonchev–Trinajstić information content (AvgIpc) is 2.46. The van der Waals surface area contributed by atoms with Gasteiger partial charge in [-0.3, -0.25) is 4.79 Å². The fraction of sp³-hybridized carbons (Fsp3) is 0.533. The predicted octanol–water partition coefficient (Wildman–Crippen LogP) is 3.35. The van der Waals surface area contributed by atoms with Gasteiger partial charge in [-0.1, -0.05) is 31.4 Å². The van der Waals surface area contributed by atoms with Gasteiger partial charge in [0.25, 0.3) is 5.91 Å². The van der Waals surface area contributed by atoms with E-state index in [2.05, 4.69) is 27.9 Å². The Kier molecular flexibility index (Phi) is 7.84. The van der Waals surface area contributed by atoms with E-state index < -0.39 is 0 Å². The lowest BCUT2D eigenvalue weighted by molar-refractivity contribution is 0.0914. The van der Waals surface area contributed by atoms with Crippen LogP contribution < -0.4 is 11.1 Å². The Morgan fingerprint density at radius 1 is 1.30 bits per heavy atom. The Morgan fingerprint density at radius 3 is 2.55 bits per heavy atom. The third-order valence-corrected chi connectivity index (χ3v) is 4.85. The minimum Gasteiger partial charge on any atom is -0.348 e. The van der Waals surface area contributed by atoms with Gasteiger partial charge >= 0.3 is 0 Å². The minimum atomic E-state index is 0. The van der Waals surface area contributed by atoms with E-state index in [0.717, 1.165) is 9.13 Å². The Labute approximate surface area is 140 Å². The van der Waals surface area contributed by atoms with Crippen LogP contribution in [0.25, 0.3) is 0 Å². The fourth-order valence-electron chi connectivity index (χ4n) is 2.80. The van der Waals surface area contributed by atoms with E-state index in [4.69, 9.17) is 5.73 Å². The van der Waals surface area contributed by atoms with E-state index in [9.17, 15) is 4.79 Å². The molecule has 0 heterocycles. The maximum Gasteiger partial charge on any atom is 0.252 e. The maximum atomic E-state index is 12.3. The number of hydrogen-bond donors (Lipinski definition) is 2. The predicted molar refractivity (Wildman–Crippen MR) is 93.3 cm³/mol. The van der Waals surface area contributed by atoms with Crippen LogP contribution in [0.2, 0.25) is 0 Å². The second-order valence-electron chi connectivity index (χ2n) is 5.19. The molecule has 5 heteroatoms. The van der Waals surface area contributed by atoms with Crippen molar-refractivity contribution in [1.29, 1.82) is 0 Å². The van der Waals surface area contributed by atoms with Gasteiger partial charge in [-0.15, -0.1) is 12.4 Å². The summed E-state index contributed by atoms with van der Waals surface area (Å²) < 4.78 is 0.983. The van der Waals surface area contributed by atoms with Crippen molar-refractivity contribution in [3.05, 3.63) is 33.4 Å². The van der Waals surface area contributed by atoms with Crippen LogP contribution in [0, 0.1) is 9.49 Å². The largest absolute Gasteiger partial charge is 0.348 e. The lowest BCUT2D eigenvalue weighted by Gasteiger charge is -2.30. The molecule has 1 atom stereocenters. The summed E-state index contributed by atoms with van der Waals surface area (Å²) in [5.74, 6) is 0.551. The van der Waals surface area contributed by atoms with Gasteiger partial charge in [0.1, 0.15) is 0 Å². The zero-order chi connectivity index (χ0) is 13.7. The van der Waals surface area contributed by atoms with Crippen molar-refractivity contribution in [3.63, 3.8) is 0 Å². The van der Waals surface area contributed by atoms with Crippen LogP contribution in [-0.4, -0.2) is 18.5 Å². The number of halogens is 2. The highest BCUT2D eigenvalue weighted by Gasteiger charge is 2.24. The standard InChI is InChI=1S/C15H21IN2O.ClH/c16-13-9-5-4-8-12(13)15(19)18-14(10-17)11-6-2-1-3-7-11;/h4-5,8-9,11,14H,1-3,6-7,10,17H2,(H,18,19);1H. The number of benzene rings is 1. The molecule has 0 aliphatic heterocycles. The molecular formula is C15H22ClIN2O. The molecule has 3 N–H and O–H groups in total. The van der Waals surface area contributed by atoms with Crippen molar-refractivity contribution in [3.8, 4) is 0 Å². The van der Waals surface area contributed by atoms with Gasteiger partial charge in [0, 0.05) is 16.2 Å². The monoisotopic (exact) mass is 408 g/mol. The molecule has 1 fully saturated rings. The molecule has 1 aliphatic carbocycles. The first-order chi connectivity index (χ1) is 9.22. The van der Waals surface area contributed by atoms with Crippen LogP contribution >= 0.6 is 35.0 Å². The van der Waals surface area contributed by atoms with E-state index in [-0.39, 0.29) is 24.4 Å². The summed E-state index contributed by atoms with van der Waals surface area (Å²) in [6.45, 7) is 0.528. The third kappa shape index (κ3) is 4.60. The van der Waals surface area contributed by atoms with Crippen LogP contribution in [0.3, 0.4) is 0 Å². The van der Waals surface area contributed by atoms with Gasteiger partial charge in [0.05, 0.1) is 5.56 Å². The Morgan fingerprint density at radius 2 is 1.95 bits per heavy atom. The highest BCUT2D eigenvalue weighted by Crippen LogP contribution is 2.26. The van der Waals surface area contributed by atoms with Gasteiger partial charge in [-0.2, -0.15) is 0 Å². The third-order valence-electron chi connectivity index (χ3n) is 3.91. The lowest BCUT2D eigenvalue weighted by atomic mass is 9.84. The van der Waals surface area contributed by atoms with Crippen LogP contribution in [0.5, 0.6) is 0 Å². The lowest BCUT2D eigenvalue weighted by Crippen LogP contribution is -2.46. The maximum absolute atomic E-state index is 12.3. The second kappa shape index (κ2) is 8.85. The summed E-state index contributed by atoms with van der Waals surface area (Å²) in [5, 5.41) is 3.12. The van der Waals surface area contributed by atoms with Gasteiger partial charge < -0.3 is 11.1 Å². The summed E-state index contributed by atoms with van der Waals surface area (Å²) in [7, 11) is 0. The van der Waals surface area contributed by atoms with Gasteiger partial charge in [-0.25, -0.2) is 0 Å². The molecule has 112 valence electrons. The quantitative estimate of drug-likeness (QED) is 0.751. The zero-order valence-electron chi connectivity index (χ0n) is 11.5. The van der Waals surface area contributed by atoms with Gasteiger partial charge in [0.15, 0.2) is 0 Å². The molecule has 0 radical (unpaired) electrons. The average molecular weight is 409 g/mol. The summed E-state index contributed by atoms with van der Waals surface area (Å²) in [5.41, 5.74) is 6.60. The topological polar surface area (TPSA) is 55.1 Å². The van der Waals surface area contributed by atoms with Crippen LogP contribution in [0.4, 0.5) is 0 Å². The van der Waals surface area contributed by atoms with E-state index in [0.29, 0.717) is 12.5 Å². The number of nitrogens with one attached hydrogen (secondary N) is 1. The summed E-state index contributed by atoms with van der Waals surface area (Å²) >= 11 is 2.20. The molecular weight excluding hydrogens is 387 g/mol. The molecule has 0 spiro atoms. The molecule has 1 aromatic rings. The zero-order valence-corrected chi connectivity index (χ0v) is 14.5. The van der Waals surface area contributed by atoms with Crippen molar-refractivity contribution in [1.82, 2.24) is 5.32 Å². The molecule has 1 unspecified atom stereocenters. The Hall–Kier alpha value is -0.330. The first kappa shape index (κ1) is 17.7. The number of carbonyl (C=O) groups is 1. The van der Waals surface area contributed by atoms with Crippen molar-refractivity contribution >= 4 is 40.9 Å². The molecule has 0 bridgehead atoms. The molecule has 3 nitrogen and oxygen atoms in total. The second-order valence-corrected chi connectivity index (χ2v) is 6.36. The van der Waals surface area contributed by atoms with E-state index in [1.807, 2.05) is 24.3 Å². The Bertz CT molecular complexity index is 436. The van der Waals surface area contributed by atoms with Crippen molar-refractivity contribution < 1.29 is 4.79 Å². The van der Waals surface area contributed by atoms with Crippen LogP contribution in [0.15, 0.2) is 24.3 Å². The summed E-state index contributed by atoms with van der Waals surface area (Å²) in [4.78, 5) is 12.3. The smallest absolute Gasteiger partial charge is 0.252 e. The number of rotatable bonds is 4. The number of hydrogen-bond acceptors (Lipinski definition) is 2. The van der Waals surface area contributed by atoms with Crippen molar-refractivity contribution in [2.24, 2.45) is 11.7 Å². The SMILES string of the molecule is Cl.NCC(NC(=O)c1ccccc1I)C1CCCCC1. The molecule has 1 aliphatic rings. The van der Waals surface area contributed by atoms with Gasteiger partial charge in [0.2, 0.25) is 0 Å². The number of amides is 1. The molecule has 20 heavy (non-hydrogen) atoms. The van der Waals surface area contributed by atoms with E-state index >= 15 is 0 Å². The minimum absolute atomic E-state index is 0. The van der Waals surface area contributed by atoms with E-state index in [1.165, 1.54) is 32.1 Å². The van der Waals surface area contributed by atoms with E-state index in [1.54, 1.807) is 0 Å². The molecule has 1 aromatic carbocycles. The van der Waals surface area contributed by atoms with Crippen molar-refractivity contribution in [2.75, 3.05) is 6.54 Å². The summed E-state index contributed by atoms with van der Waals surface area (Å²) in [6.07, 6.45) is 6.22. The first-order valence-electron chi connectivity index (χ1n) is 6.98. The Balaban J connectivity index is 0.00000200. The first-order valence-corrected chi connectivity index (χ1v) is 8.05. The normalized spacial score (nSPS) is 17.1. The molecule has 1 saturated carbocycles. The highest BCUT2D eigenvalue weighted by atomic mass is 127. The summed E-state index contributed by atoms with van der Waals surface area (Å²) in [6, 6.07) is 7.78. The highest BCUT2D eigenvalue weighted by molar-refractivity contribution is 14.1. The molecule has 1 amide bonds.